The van der Waals surface area contributed by atoms with Crippen molar-refractivity contribution in [3.8, 4) is 22.4 Å². The van der Waals surface area contributed by atoms with Gasteiger partial charge in [-0.3, -0.25) is 0 Å². The van der Waals surface area contributed by atoms with Gasteiger partial charge in [0.25, 0.3) is 0 Å². The summed E-state index contributed by atoms with van der Waals surface area (Å²) >= 11 is 0. The van der Waals surface area contributed by atoms with E-state index in [1.807, 2.05) is 12.3 Å². The maximum atomic E-state index is 3.24. The maximum absolute atomic E-state index is 3.24. The van der Waals surface area contributed by atoms with Gasteiger partial charge in [-0.15, -0.1) is 0 Å². The smallest absolute Gasteiger partial charge is 0.0459 e. The summed E-state index contributed by atoms with van der Waals surface area (Å²) in [6.07, 6.45) is 1.99. The first kappa shape index (κ1) is 8.30. The number of hydrogen-bond acceptors (Lipinski definition) is 0. The highest BCUT2D eigenvalue weighted by Gasteiger charge is 2.08. The van der Waals surface area contributed by atoms with Gasteiger partial charge < -0.3 is 4.98 Å². The Balaban J connectivity index is 2.25. The summed E-state index contributed by atoms with van der Waals surface area (Å²) in [6, 6.07) is 18.9. The van der Waals surface area contributed by atoms with E-state index >= 15 is 0 Å². The number of rotatable bonds is 1. The topological polar surface area (TPSA) is 15.8 Å². The molecule has 0 fully saturated rings. The van der Waals surface area contributed by atoms with Gasteiger partial charge in [-0.25, -0.2) is 0 Å². The van der Waals surface area contributed by atoms with Gasteiger partial charge in [0, 0.05) is 17.5 Å². The van der Waals surface area contributed by atoms with E-state index in [2.05, 4.69) is 53.5 Å². The highest BCUT2D eigenvalue weighted by atomic mass is 14.7. The Kier molecular flexibility index (Phi) is 1.82. The SMILES string of the molecule is c1ccc(-c2cc[nH]c3cccc2-3)cc1. The summed E-state index contributed by atoms with van der Waals surface area (Å²) in [4.78, 5) is 3.24. The second kappa shape index (κ2) is 3.28. The van der Waals surface area contributed by atoms with Crippen LogP contribution in [-0.4, -0.2) is 4.98 Å². The number of H-pyrrole nitrogens is 1. The fourth-order valence-electron chi connectivity index (χ4n) is 1.95. The van der Waals surface area contributed by atoms with E-state index in [0.717, 1.165) is 0 Å². The third-order valence-corrected chi connectivity index (χ3v) is 2.68. The summed E-state index contributed by atoms with van der Waals surface area (Å²) in [5, 5.41) is 0. The van der Waals surface area contributed by atoms with E-state index in [9.17, 15) is 0 Å². The third kappa shape index (κ3) is 1.33. The molecule has 0 unspecified atom stereocenters. The number of fused-ring (bicyclic) bond motifs is 1. The molecule has 1 aliphatic heterocycles. The van der Waals surface area contributed by atoms with Crippen LogP contribution in [0.25, 0.3) is 22.4 Å². The van der Waals surface area contributed by atoms with Gasteiger partial charge in [0.05, 0.1) is 0 Å². The lowest BCUT2D eigenvalue weighted by Gasteiger charge is -2.07. The van der Waals surface area contributed by atoms with E-state index < -0.39 is 0 Å². The normalized spacial score (nSPS) is 10.7. The molecule has 72 valence electrons. The van der Waals surface area contributed by atoms with Gasteiger partial charge in [-0.05, 0) is 23.3 Å². The first-order valence-electron chi connectivity index (χ1n) is 5.07. The molecule has 1 heterocycles. The summed E-state index contributed by atoms with van der Waals surface area (Å²) in [5.74, 6) is 0. The van der Waals surface area contributed by atoms with E-state index in [0.29, 0.717) is 0 Å². The Bertz CT molecular complexity index is 536. The molecule has 1 aliphatic carbocycles. The zero-order valence-electron chi connectivity index (χ0n) is 8.27. The Hall–Kier alpha value is -2.02. The number of pyridine rings is 1. The van der Waals surface area contributed by atoms with Crippen LogP contribution in [-0.2, 0) is 0 Å². The molecule has 0 amide bonds. The summed E-state index contributed by atoms with van der Waals surface area (Å²) < 4.78 is 0. The van der Waals surface area contributed by atoms with Crippen LogP contribution in [0.2, 0.25) is 0 Å². The van der Waals surface area contributed by atoms with Crippen molar-refractivity contribution in [1.82, 2.24) is 4.98 Å². The van der Waals surface area contributed by atoms with Crippen molar-refractivity contribution >= 4 is 0 Å². The molecule has 3 rings (SSSR count). The van der Waals surface area contributed by atoms with Crippen molar-refractivity contribution in [2.75, 3.05) is 0 Å². The highest BCUT2D eigenvalue weighted by Crippen LogP contribution is 2.32. The Morgan fingerprint density at radius 1 is 0.667 bits per heavy atom. The molecule has 1 nitrogen and oxygen atoms in total. The van der Waals surface area contributed by atoms with Gasteiger partial charge in [0.15, 0.2) is 0 Å². The largest absolute Gasteiger partial charge is 0.361 e. The van der Waals surface area contributed by atoms with Gasteiger partial charge in [0.2, 0.25) is 0 Å². The monoisotopic (exact) mass is 193 g/mol. The molecule has 0 saturated heterocycles. The molecule has 0 spiro atoms. The Labute approximate surface area is 88.7 Å². The van der Waals surface area contributed by atoms with Crippen LogP contribution in [0.5, 0.6) is 0 Å². The zero-order valence-corrected chi connectivity index (χ0v) is 8.27. The number of aromatic nitrogens is 1. The predicted molar refractivity (Wildman–Crippen MR) is 62.9 cm³/mol. The van der Waals surface area contributed by atoms with E-state index in [1.54, 1.807) is 0 Å². The fraction of sp³-hybridized carbons (Fsp3) is 0. The fourth-order valence-corrected chi connectivity index (χ4v) is 1.95. The van der Waals surface area contributed by atoms with E-state index in [4.69, 9.17) is 0 Å². The Morgan fingerprint density at radius 2 is 1.53 bits per heavy atom. The van der Waals surface area contributed by atoms with Gasteiger partial charge in [-0.1, -0.05) is 42.5 Å². The minimum absolute atomic E-state index is 1.19. The number of hydrogen-bond donors (Lipinski definition) is 1. The minimum atomic E-state index is 1.19. The molecule has 0 atom stereocenters. The molecule has 1 aromatic carbocycles. The molecule has 1 heteroatoms. The van der Waals surface area contributed by atoms with Crippen molar-refractivity contribution in [3.05, 3.63) is 60.8 Å². The first-order chi connectivity index (χ1) is 7.45. The quantitative estimate of drug-likeness (QED) is 0.605. The van der Waals surface area contributed by atoms with Crippen LogP contribution in [0.1, 0.15) is 0 Å². The minimum Gasteiger partial charge on any atom is -0.361 e. The lowest BCUT2D eigenvalue weighted by atomic mass is 10.0. The molecule has 0 bridgehead atoms. The molecule has 0 aromatic heterocycles. The molecular weight excluding hydrogens is 182 g/mol. The average Bonchev–Trinajstić information content (AvgIpc) is 2.78. The predicted octanol–water partition coefficient (Wildman–Crippen LogP) is 3.79. The summed E-state index contributed by atoms with van der Waals surface area (Å²) in [7, 11) is 0. The van der Waals surface area contributed by atoms with Crippen LogP contribution in [0.3, 0.4) is 0 Å². The second-order valence-corrected chi connectivity index (χ2v) is 3.61. The average molecular weight is 193 g/mol. The molecule has 1 N–H and O–H groups in total. The highest BCUT2D eigenvalue weighted by molar-refractivity contribution is 5.82. The van der Waals surface area contributed by atoms with Crippen molar-refractivity contribution in [2.24, 2.45) is 0 Å². The molecule has 1 aromatic rings. The van der Waals surface area contributed by atoms with Crippen LogP contribution in [0, 0.1) is 0 Å². The molecule has 15 heavy (non-hydrogen) atoms. The maximum Gasteiger partial charge on any atom is 0.0459 e. The molecule has 2 aliphatic rings. The van der Waals surface area contributed by atoms with Crippen LogP contribution in [0.4, 0.5) is 0 Å². The lowest BCUT2D eigenvalue weighted by molar-refractivity contribution is 1.34. The molecule has 0 saturated carbocycles. The number of benzene rings is 1. The molecular formula is C14H11N. The van der Waals surface area contributed by atoms with Crippen LogP contribution in [0.15, 0.2) is 60.8 Å². The number of aromatic amines is 1. The van der Waals surface area contributed by atoms with Crippen molar-refractivity contribution in [1.29, 1.82) is 0 Å². The van der Waals surface area contributed by atoms with Crippen molar-refractivity contribution in [3.63, 3.8) is 0 Å². The first-order valence-corrected chi connectivity index (χ1v) is 5.07. The summed E-state index contributed by atoms with van der Waals surface area (Å²) in [5.41, 5.74) is 5.03. The molecule has 0 radical (unpaired) electrons. The van der Waals surface area contributed by atoms with Crippen molar-refractivity contribution in [2.45, 2.75) is 0 Å². The van der Waals surface area contributed by atoms with Gasteiger partial charge in [0.1, 0.15) is 0 Å². The van der Waals surface area contributed by atoms with E-state index in [-0.39, 0.29) is 0 Å². The van der Waals surface area contributed by atoms with Crippen molar-refractivity contribution < 1.29 is 0 Å². The number of nitrogens with one attached hydrogen (secondary N) is 1. The summed E-state index contributed by atoms with van der Waals surface area (Å²) in [6.45, 7) is 0. The van der Waals surface area contributed by atoms with Gasteiger partial charge in [-0.2, -0.15) is 0 Å². The second-order valence-electron chi connectivity index (χ2n) is 3.61. The van der Waals surface area contributed by atoms with Crippen LogP contribution < -0.4 is 0 Å². The van der Waals surface area contributed by atoms with Gasteiger partial charge >= 0.3 is 0 Å². The van der Waals surface area contributed by atoms with E-state index in [1.165, 1.54) is 22.4 Å². The standard InChI is InChI=1S/C14H11N/c1-2-5-11(6-3-1)12-9-10-15-14-8-4-7-13(12)14/h1-10,15H. The Morgan fingerprint density at radius 3 is 2.40 bits per heavy atom. The van der Waals surface area contributed by atoms with Crippen LogP contribution >= 0.6 is 0 Å². The third-order valence-electron chi connectivity index (χ3n) is 2.68. The lowest BCUT2D eigenvalue weighted by Crippen LogP contribution is -1.85. The zero-order chi connectivity index (χ0) is 10.1.